The van der Waals surface area contributed by atoms with Crippen LogP contribution in [0, 0.1) is 0 Å². The average Bonchev–Trinajstić information content (AvgIpc) is 2.69. The molecular formula is C20H20N2O5. The summed E-state index contributed by atoms with van der Waals surface area (Å²) in [6, 6.07) is 9.66. The SMILES string of the molecule is C=CC(=O)Oc1ccc(Oc2ccc(OC(=O)C=C)cc2CN)c(CN)c1. The molecule has 0 aliphatic rings. The van der Waals surface area contributed by atoms with Crippen LogP contribution in [0.25, 0.3) is 0 Å². The van der Waals surface area contributed by atoms with Gasteiger partial charge in [-0.15, -0.1) is 0 Å². The summed E-state index contributed by atoms with van der Waals surface area (Å²) in [5.41, 5.74) is 12.8. The molecule has 0 atom stereocenters. The van der Waals surface area contributed by atoms with Crippen molar-refractivity contribution in [1.82, 2.24) is 0 Å². The first-order valence-corrected chi connectivity index (χ1v) is 8.03. The zero-order chi connectivity index (χ0) is 19.8. The topological polar surface area (TPSA) is 114 Å². The Hall–Kier alpha value is -3.42. The van der Waals surface area contributed by atoms with Gasteiger partial charge in [-0.05, 0) is 36.4 Å². The van der Waals surface area contributed by atoms with Gasteiger partial charge >= 0.3 is 11.9 Å². The largest absolute Gasteiger partial charge is 0.457 e. The van der Waals surface area contributed by atoms with E-state index in [0.29, 0.717) is 34.1 Å². The predicted octanol–water partition coefficient (Wildman–Crippen LogP) is 2.58. The summed E-state index contributed by atoms with van der Waals surface area (Å²) in [5, 5.41) is 0. The Kier molecular flexibility index (Phi) is 6.87. The molecule has 0 spiro atoms. The van der Waals surface area contributed by atoms with Crippen molar-refractivity contribution in [3.8, 4) is 23.0 Å². The van der Waals surface area contributed by atoms with Gasteiger partial charge in [-0.3, -0.25) is 0 Å². The highest BCUT2D eigenvalue weighted by Gasteiger charge is 2.12. The van der Waals surface area contributed by atoms with E-state index in [1.807, 2.05) is 0 Å². The lowest BCUT2D eigenvalue weighted by atomic mass is 10.1. The Morgan fingerprint density at radius 1 is 0.815 bits per heavy atom. The van der Waals surface area contributed by atoms with Crippen LogP contribution in [0.3, 0.4) is 0 Å². The lowest BCUT2D eigenvalue weighted by molar-refractivity contribution is -0.129. The minimum Gasteiger partial charge on any atom is -0.457 e. The second kappa shape index (κ2) is 9.33. The second-order valence-electron chi connectivity index (χ2n) is 5.30. The molecule has 2 aromatic rings. The number of nitrogens with two attached hydrogens (primary N) is 2. The summed E-state index contributed by atoms with van der Waals surface area (Å²) in [7, 11) is 0. The molecule has 0 radical (unpaired) electrons. The molecule has 0 aliphatic heterocycles. The number of hydrogen-bond donors (Lipinski definition) is 2. The van der Waals surface area contributed by atoms with Crippen LogP contribution in [0.1, 0.15) is 11.1 Å². The number of carbonyl (C=O) groups excluding carboxylic acids is 2. The highest BCUT2D eigenvalue weighted by molar-refractivity contribution is 5.83. The minimum absolute atomic E-state index is 0.168. The van der Waals surface area contributed by atoms with Crippen molar-refractivity contribution in [2.75, 3.05) is 0 Å². The molecule has 0 saturated carbocycles. The number of rotatable bonds is 8. The van der Waals surface area contributed by atoms with Crippen LogP contribution in [0.5, 0.6) is 23.0 Å². The van der Waals surface area contributed by atoms with Gasteiger partial charge in [0.15, 0.2) is 0 Å². The number of hydrogen-bond acceptors (Lipinski definition) is 7. The standard InChI is InChI=1S/C20H20N2O5/c1-3-19(23)25-15-5-7-17(13(9-15)11-21)27-18-8-6-16(10-14(18)12-22)26-20(24)4-2/h3-10H,1-2,11-12,21-22H2. The van der Waals surface area contributed by atoms with Crippen LogP contribution in [0.2, 0.25) is 0 Å². The highest BCUT2D eigenvalue weighted by Crippen LogP contribution is 2.32. The van der Waals surface area contributed by atoms with E-state index < -0.39 is 11.9 Å². The first-order chi connectivity index (χ1) is 13.0. The number of esters is 2. The van der Waals surface area contributed by atoms with E-state index in [2.05, 4.69) is 13.2 Å². The van der Waals surface area contributed by atoms with Gasteiger partial charge in [0.2, 0.25) is 0 Å². The fourth-order valence-electron chi connectivity index (χ4n) is 2.19. The van der Waals surface area contributed by atoms with Crippen molar-refractivity contribution >= 4 is 11.9 Å². The monoisotopic (exact) mass is 368 g/mol. The molecule has 0 unspecified atom stereocenters. The van der Waals surface area contributed by atoms with Crippen LogP contribution in [0.4, 0.5) is 0 Å². The molecule has 0 amide bonds. The van der Waals surface area contributed by atoms with E-state index in [-0.39, 0.29) is 13.1 Å². The quantitative estimate of drug-likeness (QED) is 0.418. The van der Waals surface area contributed by atoms with Crippen molar-refractivity contribution in [3.05, 3.63) is 72.8 Å². The molecule has 7 nitrogen and oxygen atoms in total. The van der Waals surface area contributed by atoms with E-state index in [1.165, 1.54) is 0 Å². The molecule has 0 bridgehead atoms. The van der Waals surface area contributed by atoms with Gasteiger partial charge in [0.1, 0.15) is 23.0 Å². The average molecular weight is 368 g/mol. The van der Waals surface area contributed by atoms with Crippen LogP contribution in [0.15, 0.2) is 61.7 Å². The maximum absolute atomic E-state index is 11.3. The Bertz CT molecular complexity index is 805. The van der Waals surface area contributed by atoms with Gasteiger partial charge in [0.25, 0.3) is 0 Å². The Labute approximate surface area is 156 Å². The zero-order valence-electron chi connectivity index (χ0n) is 14.6. The smallest absolute Gasteiger partial charge is 0.335 e. The van der Waals surface area contributed by atoms with Gasteiger partial charge in [-0.25, -0.2) is 9.59 Å². The molecule has 0 aliphatic carbocycles. The lowest BCUT2D eigenvalue weighted by Crippen LogP contribution is -2.07. The Morgan fingerprint density at radius 2 is 1.22 bits per heavy atom. The molecule has 0 saturated heterocycles. The van der Waals surface area contributed by atoms with Crippen molar-refractivity contribution in [1.29, 1.82) is 0 Å². The number of carbonyl (C=O) groups is 2. The molecule has 7 heteroatoms. The number of ether oxygens (including phenoxy) is 3. The normalized spacial score (nSPS) is 10.0. The van der Waals surface area contributed by atoms with E-state index in [1.54, 1.807) is 36.4 Å². The molecule has 0 fully saturated rings. The molecule has 27 heavy (non-hydrogen) atoms. The number of benzene rings is 2. The van der Waals surface area contributed by atoms with Crippen LogP contribution >= 0.6 is 0 Å². The molecule has 0 aromatic heterocycles. The predicted molar refractivity (Wildman–Crippen MR) is 100 cm³/mol. The third-order valence-electron chi connectivity index (χ3n) is 3.49. The Balaban J connectivity index is 2.27. The molecule has 2 aromatic carbocycles. The third-order valence-corrected chi connectivity index (χ3v) is 3.49. The van der Waals surface area contributed by atoms with E-state index in [9.17, 15) is 9.59 Å². The van der Waals surface area contributed by atoms with Crippen LogP contribution in [-0.2, 0) is 22.7 Å². The van der Waals surface area contributed by atoms with Gasteiger partial charge in [0.05, 0.1) is 0 Å². The lowest BCUT2D eigenvalue weighted by Gasteiger charge is -2.15. The van der Waals surface area contributed by atoms with Gasteiger partial charge < -0.3 is 25.7 Å². The van der Waals surface area contributed by atoms with Crippen molar-refractivity contribution in [2.45, 2.75) is 13.1 Å². The molecular weight excluding hydrogens is 348 g/mol. The van der Waals surface area contributed by atoms with E-state index >= 15 is 0 Å². The summed E-state index contributed by atoms with van der Waals surface area (Å²) < 4.78 is 16.1. The van der Waals surface area contributed by atoms with Gasteiger partial charge in [-0.2, -0.15) is 0 Å². The first kappa shape index (κ1) is 19.9. The maximum atomic E-state index is 11.3. The van der Waals surface area contributed by atoms with E-state index in [4.69, 9.17) is 25.7 Å². The summed E-state index contributed by atoms with van der Waals surface area (Å²) in [6.45, 7) is 7.04. The zero-order valence-corrected chi connectivity index (χ0v) is 14.6. The van der Waals surface area contributed by atoms with Crippen LogP contribution < -0.4 is 25.7 Å². The Morgan fingerprint density at radius 3 is 1.56 bits per heavy atom. The molecule has 140 valence electrons. The van der Waals surface area contributed by atoms with Crippen molar-refractivity contribution < 1.29 is 23.8 Å². The highest BCUT2D eigenvalue weighted by atomic mass is 16.5. The fraction of sp³-hybridized carbons (Fsp3) is 0.100. The molecule has 2 rings (SSSR count). The van der Waals surface area contributed by atoms with Gasteiger partial charge in [0, 0.05) is 36.4 Å². The minimum atomic E-state index is -0.568. The van der Waals surface area contributed by atoms with E-state index in [0.717, 1.165) is 12.2 Å². The summed E-state index contributed by atoms with van der Waals surface area (Å²) >= 11 is 0. The summed E-state index contributed by atoms with van der Waals surface area (Å²) in [5.74, 6) is 0.503. The fourth-order valence-corrected chi connectivity index (χ4v) is 2.19. The summed E-state index contributed by atoms with van der Waals surface area (Å²) in [6.07, 6.45) is 2.14. The molecule has 4 N–H and O–H groups in total. The van der Waals surface area contributed by atoms with Crippen molar-refractivity contribution in [3.63, 3.8) is 0 Å². The molecule has 0 heterocycles. The summed E-state index contributed by atoms with van der Waals surface area (Å²) in [4.78, 5) is 22.6. The van der Waals surface area contributed by atoms with Gasteiger partial charge in [-0.1, -0.05) is 13.2 Å². The maximum Gasteiger partial charge on any atom is 0.335 e. The first-order valence-electron chi connectivity index (χ1n) is 8.03. The second-order valence-corrected chi connectivity index (χ2v) is 5.30. The van der Waals surface area contributed by atoms with Crippen LogP contribution in [-0.4, -0.2) is 11.9 Å². The third kappa shape index (κ3) is 5.27. The van der Waals surface area contributed by atoms with Crippen molar-refractivity contribution in [2.24, 2.45) is 11.5 Å².